The molecule has 2 N–H and O–H groups in total. The lowest BCUT2D eigenvalue weighted by molar-refractivity contribution is -0.252. The molecule has 1 saturated heterocycles. The Hall–Kier alpha value is -3.81. The molecule has 4 aromatic rings. The van der Waals surface area contributed by atoms with Gasteiger partial charge in [-0.25, -0.2) is 0 Å². The van der Waals surface area contributed by atoms with Gasteiger partial charge < -0.3 is 19.9 Å². The SMILES string of the molecule is CC(=O)NCc1cccc(-c2cccc(C3OC(CN(C)Cc4ccccc4)CC(c4ccc(CO)cc4)O3)c2)c1. The standard InChI is InChI=1S/C35H38N2O4/c1-25(39)36-21-28-10-6-11-30(18-28)31-12-7-13-32(19-31)35-40-33(23-37(2)22-26-8-4-3-5-9-26)20-34(41-35)29-16-14-27(24-38)15-17-29/h3-19,33-35,38H,20-24H2,1-2H3,(H,36,39). The lowest BCUT2D eigenvalue weighted by atomic mass is 9.98. The molecule has 3 unspecified atom stereocenters. The summed E-state index contributed by atoms with van der Waals surface area (Å²) in [6.45, 7) is 3.64. The molecule has 6 heteroatoms. The fraction of sp³-hybridized carbons (Fsp3) is 0.286. The highest BCUT2D eigenvalue weighted by molar-refractivity contribution is 5.73. The lowest BCUT2D eigenvalue weighted by Crippen LogP contribution is -2.37. The molecule has 1 fully saturated rings. The van der Waals surface area contributed by atoms with Crippen LogP contribution in [0.3, 0.4) is 0 Å². The van der Waals surface area contributed by atoms with Crippen molar-refractivity contribution in [1.82, 2.24) is 10.2 Å². The van der Waals surface area contributed by atoms with Crippen LogP contribution >= 0.6 is 0 Å². The van der Waals surface area contributed by atoms with Gasteiger partial charge in [0, 0.05) is 38.5 Å². The van der Waals surface area contributed by atoms with Crippen molar-refractivity contribution in [2.75, 3.05) is 13.6 Å². The Balaban J connectivity index is 1.37. The van der Waals surface area contributed by atoms with Crippen molar-refractivity contribution >= 4 is 5.91 Å². The average molecular weight is 551 g/mol. The van der Waals surface area contributed by atoms with Crippen LogP contribution in [0.5, 0.6) is 0 Å². The highest BCUT2D eigenvalue weighted by Gasteiger charge is 2.33. The summed E-state index contributed by atoms with van der Waals surface area (Å²) in [6, 6.07) is 35.0. The maximum atomic E-state index is 11.4. The van der Waals surface area contributed by atoms with E-state index in [0.29, 0.717) is 6.54 Å². The van der Waals surface area contributed by atoms with E-state index in [1.807, 2.05) is 48.5 Å². The van der Waals surface area contributed by atoms with Gasteiger partial charge in [-0.3, -0.25) is 9.69 Å². The molecular formula is C35H38N2O4. The number of hydrogen-bond donors (Lipinski definition) is 2. The number of amides is 1. The Morgan fingerprint density at radius 3 is 2.27 bits per heavy atom. The van der Waals surface area contributed by atoms with Gasteiger partial charge in [0.15, 0.2) is 6.29 Å². The average Bonchev–Trinajstić information content (AvgIpc) is 3.00. The van der Waals surface area contributed by atoms with Crippen LogP contribution in [-0.2, 0) is 34.0 Å². The van der Waals surface area contributed by atoms with Crippen LogP contribution in [0.2, 0.25) is 0 Å². The Bertz CT molecular complexity index is 1420. The van der Waals surface area contributed by atoms with Crippen LogP contribution in [0.25, 0.3) is 11.1 Å². The third kappa shape index (κ3) is 7.90. The number of aliphatic hydroxyl groups excluding tert-OH is 1. The Morgan fingerprint density at radius 1 is 0.829 bits per heavy atom. The number of carbonyl (C=O) groups excluding carboxylic acids is 1. The zero-order chi connectivity index (χ0) is 28.6. The van der Waals surface area contributed by atoms with Gasteiger partial charge in [-0.2, -0.15) is 0 Å². The van der Waals surface area contributed by atoms with E-state index in [1.54, 1.807) is 0 Å². The van der Waals surface area contributed by atoms with Crippen molar-refractivity contribution in [2.45, 2.75) is 51.5 Å². The van der Waals surface area contributed by atoms with Crippen LogP contribution in [0, 0.1) is 0 Å². The third-order valence-electron chi connectivity index (χ3n) is 7.39. The van der Waals surface area contributed by atoms with Gasteiger partial charge in [-0.1, -0.05) is 91.0 Å². The number of hydrogen-bond acceptors (Lipinski definition) is 5. The highest BCUT2D eigenvalue weighted by atomic mass is 16.7. The largest absolute Gasteiger partial charge is 0.392 e. The molecule has 0 aliphatic carbocycles. The zero-order valence-electron chi connectivity index (χ0n) is 23.7. The van der Waals surface area contributed by atoms with Crippen molar-refractivity contribution in [3.05, 3.63) is 131 Å². The summed E-state index contributed by atoms with van der Waals surface area (Å²) in [5, 5.41) is 12.4. The van der Waals surface area contributed by atoms with Crippen molar-refractivity contribution in [3.63, 3.8) is 0 Å². The van der Waals surface area contributed by atoms with Crippen LogP contribution in [-0.4, -0.2) is 35.6 Å². The second-order valence-corrected chi connectivity index (χ2v) is 10.8. The van der Waals surface area contributed by atoms with E-state index < -0.39 is 6.29 Å². The zero-order valence-corrected chi connectivity index (χ0v) is 23.7. The Labute approximate surface area is 242 Å². The minimum atomic E-state index is -0.524. The first-order valence-corrected chi connectivity index (χ1v) is 14.1. The molecule has 4 aromatic carbocycles. The molecule has 3 atom stereocenters. The Morgan fingerprint density at radius 2 is 1.54 bits per heavy atom. The highest BCUT2D eigenvalue weighted by Crippen LogP contribution is 2.39. The summed E-state index contributed by atoms with van der Waals surface area (Å²) < 4.78 is 13.2. The second kappa shape index (κ2) is 13.7. The molecule has 5 rings (SSSR count). The fourth-order valence-electron chi connectivity index (χ4n) is 5.29. The molecule has 0 radical (unpaired) electrons. The van der Waals surface area contributed by atoms with Gasteiger partial charge in [0.2, 0.25) is 5.91 Å². The third-order valence-corrected chi connectivity index (χ3v) is 7.39. The van der Waals surface area contributed by atoms with Gasteiger partial charge in [0.25, 0.3) is 0 Å². The van der Waals surface area contributed by atoms with Crippen molar-refractivity contribution in [3.8, 4) is 11.1 Å². The molecule has 6 nitrogen and oxygen atoms in total. The molecule has 1 amide bonds. The summed E-state index contributed by atoms with van der Waals surface area (Å²) in [5.41, 5.74) is 7.36. The van der Waals surface area contributed by atoms with E-state index in [-0.39, 0.29) is 24.7 Å². The number of ether oxygens (including phenoxy) is 2. The van der Waals surface area contributed by atoms with E-state index >= 15 is 0 Å². The van der Waals surface area contributed by atoms with Gasteiger partial charge in [0.1, 0.15) is 0 Å². The summed E-state index contributed by atoms with van der Waals surface area (Å²) in [5.74, 6) is -0.0477. The number of nitrogens with one attached hydrogen (secondary N) is 1. The maximum Gasteiger partial charge on any atom is 0.217 e. The van der Waals surface area contributed by atoms with E-state index in [0.717, 1.165) is 52.9 Å². The fourth-order valence-corrected chi connectivity index (χ4v) is 5.29. The number of likely N-dealkylation sites (N-methyl/N-ethyl adjacent to an activating group) is 1. The van der Waals surface area contributed by atoms with Crippen molar-refractivity contribution < 1.29 is 19.4 Å². The lowest BCUT2D eigenvalue weighted by Gasteiger charge is -2.38. The van der Waals surface area contributed by atoms with Gasteiger partial charge >= 0.3 is 0 Å². The quantitative estimate of drug-likeness (QED) is 0.248. The first kappa shape index (κ1) is 28.7. The molecule has 0 bridgehead atoms. The number of rotatable bonds is 10. The molecule has 0 aromatic heterocycles. The number of aliphatic hydroxyl groups is 1. The summed E-state index contributed by atoms with van der Waals surface area (Å²) in [6.07, 6.45) is 0.0405. The van der Waals surface area contributed by atoms with Crippen LogP contribution in [0.1, 0.15) is 53.6 Å². The first-order valence-electron chi connectivity index (χ1n) is 14.1. The summed E-state index contributed by atoms with van der Waals surface area (Å²) >= 11 is 0. The predicted octanol–water partition coefficient (Wildman–Crippen LogP) is 6.16. The molecule has 212 valence electrons. The van der Waals surface area contributed by atoms with Crippen LogP contribution in [0.15, 0.2) is 103 Å². The smallest absolute Gasteiger partial charge is 0.217 e. The number of nitrogens with zero attached hydrogens (tertiary/aromatic N) is 1. The minimum absolute atomic E-state index is 0.0171. The topological polar surface area (TPSA) is 71.0 Å². The molecule has 0 saturated carbocycles. The monoisotopic (exact) mass is 550 g/mol. The maximum absolute atomic E-state index is 11.4. The summed E-state index contributed by atoms with van der Waals surface area (Å²) in [7, 11) is 2.13. The number of benzene rings is 4. The minimum Gasteiger partial charge on any atom is -0.392 e. The predicted molar refractivity (Wildman–Crippen MR) is 161 cm³/mol. The molecule has 0 spiro atoms. The first-order chi connectivity index (χ1) is 20.0. The van der Waals surface area contributed by atoms with E-state index in [2.05, 4.69) is 71.9 Å². The Kier molecular flexibility index (Phi) is 9.59. The van der Waals surface area contributed by atoms with Crippen molar-refractivity contribution in [2.24, 2.45) is 0 Å². The molecule has 1 heterocycles. The molecular weight excluding hydrogens is 512 g/mol. The summed E-state index contributed by atoms with van der Waals surface area (Å²) in [4.78, 5) is 13.7. The van der Waals surface area contributed by atoms with E-state index in [1.165, 1.54) is 12.5 Å². The second-order valence-electron chi connectivity index (χ2n) is 10.8. The van der Waals surface area contributed by atoms with E-state index in [4.69, 9.17) is 9.47 Å². The van der Waals surface area contributed by atoms with Crippen LogP contribution < -0.4 is 5.32 Å². The van der Waals surface area contributed by atoms with Gasteiger partial charge in [0.05, 0.1) is 18.8 Å². The normalized spacial score (nSPS) is 18.8. The van der Waals surface area contributed by atoms with Gasteiger partial charge in [-0.15, -0.1) is 0 Å². The van der Waals surface area contributed by atoms with Gasteiger partial charge in [-0.05, 0) is 52.6 Å². The van der Waals surface area contributed by atoms with Crippen LogP contribution in [0.4, 0.5) is 0 Å². The molecule has 1 aliphatic rings. The number of carbonyl (C=O) groups is 1. The molecule has 41 heavy (non-hydrogen) atoms. The van der Waals surface area contributed by atoms with Crippen molar-refractivity contribution in [1.29, 1.82) is 0 Å². The molecule has 1 aliphatic heterocycles. The van der Waals surface area contributed by atoms with E-state index in [9.17, 15) is 9.90 Å².